The molecule has 4 nitrogen and oxygen atoms in total. The van der Waals surface area contributed by atoms with Gasteiger partial charge < -0.3 is 14.6 Å². The molecule has 1 atom stereocenters. The maximum absolute atomic E-state index is 10.4. The summed E-state index contributed by atoms with van der Waals surface area (Å²) < 4.78 is 10.4. The molecular weight excluding hydrogens is 278 g/mol. The van der Waals surface area contributed by atoms with Crippen LogP contribution in [0.1, 0.15) is 22.9 Å². The Hall–Kier alpha value is -1.78. The molecule has 2 rings (SSSR count). The molecule has 20 heavy (non-hydrogen) atoms. The van der Waals surface area contributed by atoms with E-state index in [0.29, 0.717) is 27.6 Å². The first-order valence-corrected chi connectivity index (χ1v) is 6.47. The predicted octanol–water partition coefficient (Wildman–Crippen LogP) is 3.14. The fourth-order valence-electron chi connectivity index (χ4n) is 1.94. The number of nitrogens with zero attached hydrogens (tertiary/aromatic N) is 1. The molecule has 1 unspecified atom stereocenters. The minimum absolute atomic E-state index is 0.333. The maximum atomic E-state index is 10.4. The van der Waals surface area contributed by atoms with E-state index in [1.165, 1.54) is 14.2 Å². The van der Waals surface area contributed by atoms with Gasteiger partial charge in [-0.15, -0.1) is 0 Å². The number of aryl methyl sites for hydroxylation is 1. The Morgan fingerprint density at radius 2 is 1.90 bits per heavy atom. The van der Waals surface area contributed by atoms with E-state index in [-0.39, 0.29) is 0 Å². The maximum Gasteiger partial charge on any atom is 0.179 e. The molecule has 106 valence electrons. The monoisotopic (exact) mass is 293 g/mol. The quantitative estimate of drug-likeness (QED) is 0.941. The van der Waals surface area contributed by atoms with E-state index in [0.717, 1.165) is 5.69 Å². The molecule has 2 aromatic rings. The first-order valence-electron chi connectivity index (χ1n) is 6.09. The van der Waals surface area contributed by atoms with E-state index >= 15 is 0 Å². The summed E-state index contributed by atoms with van der Waals surface area (Å²) in [4.78, 5) is 4.17. The van der Waals surface area contributed by atoms with Crippen LogP contribution in [0.4, 0.5) is 0 Å². The minimum Gasteiger partial charge on any atom is -0.493 e. The van der Waals surface area contributed by atoms with Crippen LogP contribution in [0, 0.1) is 6.92 Å². The van der Waals surface area contributed by atoms with Crippen LogP contribution < -0.4 is 9.47 Å². The highest BCUT2D eigenvalue weighted by Gasteiger charge is 2.20. The summed E-state index contributed by atoms with van der Waals surface area (Å²) >= 11 is 6.28. The number of hydrogen-bond donors (Lipinski definition) is 1. The number of methoxy groups -OCH3 is 2. The zero-order chi connectivity index (χ0) is 14.7. The average Bonchev–Trinajstić information content (AvgIpc) is 2.47. The largest absolute Gasteiger partial charge is 0.493 e. The van der Waals surface area contributed by atoms with Crippen LogP contribution in [0.25, 0.3) is 0 Å². The summed E-state index contributed by atoms with van der Waals surface area (Å²) in [6.45, 7) is 1.89. The molecule has 1 aromatic carbocycles. The minimum atomic E-state index is -0.865. The third-order valence-electron chi connectivity index (χ3n) is 3.06. The predicted molar refractivity (Wildman–Crippen MR) is 77.6 cm³/mol. The molecular formula is C15H16ClNO3. The molecule has 1 heterocycles. The van der Waals surface area contributed by atoms with E-state index in [1.807, 2.05) is 19.1 Å². The van der Waals surface area contributed by atoms with Crippen LogP contribution in [-0.2, 0) is 0 Å². The molecule has 1 aromatic heterocycles. The van der Waals surface area contributed by atoms with Crippen molar-refractivity contribution in [3.05, 3.63) is 52.3 Å². The van der Waals surface area contributed by atoms with Crippen molar-refractivity contribution < 1.29 is 14.6 Å². The molecule has 0 fully saturated rings. The van der Waals surface area contributed by atoms with E-state index in [2.05, 4.69) is 4.98 Å². The Kier molecular flexibility index (Phi) is 4.47. The first kappa shape index (κ1) is 14.6. The number of ether oxygens (including phenoxy) is 2. The second-order valence-corrected chi connectivity index (χ2v) is 4.72. The van der Waals surface area contributed by atoms with Gasteiger partial charge in [-0.05, 0) is 19.1 Å². The molecule has 5 heteroatoms. The molecule has 0 saturated heterocycles. The van der Waals surface area contributed by atoms with Gasteiger partial charge in [0.05, 0.1) is 19.2 Å². The van der Waals surface area contributed by atoms with Gasteiger partial charge >= 0.3 is 0 Å². The van der Waals surface area contributed by atoms with Gasteiger partial charge in [-0.3, -0.25) is 4.98 Å². The van der Waals surface area contributed by atoms with E-state index in [9.17, 15) is 5.11 Å². The van der Waals surface area contributed by atoms with Crippen molar-refractivity contribution in [1.82, 2.24) is 4.98 Å². The number of aliphatic hydroxyl groups excluding tert-OH is 1. The van der Waals surface area contributed by atoms with Crippen LogP contribution in [0.5, 0.6) is 11.5 Å². The fraction of sp³-hybridized carbons (Fsp3) is 0.267. The van der Waals surface area contributed by atoms with E-state index < -0.39 is 6.10 Å². The van der Waals surface area contributed by atoms with Gasteiger partial charge in [0, 0.05) is 23.0 Å². The highest BCUT2D eigenvalue weighted by molar-refractivity contribution is 6.33. The van der Waals surface area contributed by atoms with Crippen molar-refractivity contribution in [1.29, 1.82) is 0 Å². The summed E-state index contributed by atoms with van der Waals surface area (Å²) in [5.41, 5.74) is 2.11. The Morgan fingerprint density at radius 3 is 2.45 bits per heavy atom. The molecule has 0 aliphatic carbocycles. The van der Waals surface area contributed by atoms with Crippen molar-refractivity contribution in [3.8, 4) is 11.5 Å². The van der Waals surface area contributed by atoms with Crippen LogP contribution in [-0.4, -0.2) is 24.3 Å². The fourth-order valence-corrected chi connectivity index (χ4v) is 2.27. The highest BCUT2D eigenvalue weighted by atomic mass is 35.5. The number of aliphatic hydroxyl groups is 1. The number of rotatable bonds is 4. The van der Waals surface area contributed by atoms with Gasteiger partial charge in [0.2, 0.25) is 0 Å². The number of pyridine rings is 1. The van der Waals surface area contributed by atoms with E-state index in [4.69, 9.17) is 21.1 Å². The second kappa shape index (κ2) is 6.11. The molecule has 0 saturated carbocycles. The number of benzene rings is 1. The lowest BCUT2D eigenvalue weighted by Gasteiger charge is -2.17. The van der Waals surface area contributed by atoms with Gasteiger partial charge in [0.25, 0.3) is 0 Å². The van der Waals surface area contributed by atoms with Gasteiger partial charge in [-0.2, -0.15) is 0 Å². The Labute approximate surface area is 122 Å². The molecule has 0 aliphatic rings. The zero-order valence-corrected chi connectivity index (χ0v) is 12.3. The van der Waals surface area contributed by atoms with Crippen LogP contribution >= 0.6 is 11.6 Å². The average molecular weight is 294 g/mol. The molecule has 0 amide bonds. The van der Waals surface area contributed by atoms with Crippen molar-refractivity contribution in [2.24, 2.45) is 0 Å². The Balaban J connectivity index is 2.44. The molecule has 0 bridgehead atoms. The van der Waals surface area contributed by atoms with Crippen LogP contribution in [0.2, 0.25) is 5.02 Å². The highest BCUT2D eigenvalue weighted by Crippen LogP contribution is 2.40. The number of aromatic nitrogens is 1. The Bertz CT molecular complexity index is 599. The summed E-state index contributed by atoms with van der Waals surface area (Å²) in [6.07, 6.45) is 0.767. The molecule has 0 radical (unpaired) electrons. The van der Waals surface area contributed by atoms with Crippen molar-refractivity contribution in [2.75, 3.05) is 14.2 Å². The normalized spacial score (nSPS) is 12.1. The van der Waals surface area contributed by atoms with E-state index in [1.54, 1.807) is 18.3 Å². The summed E-state index contributed by atoms with van der Waals surface area (Å²) in [5.74, 6) is 0.932. The third kappa shape index (κ3) is 2.71. The number of hydrogen-bond acceptors (Lipinski definition) is 4. The first-order chi connectivity index (χ1) is 9.58. The smallest absolute Gasteiger partial charge is 0.179 e. The second-order valence-electron chi connectivity index (χ2n) is 4.34. The van der Waals surface area contributed by atoms with Gasteiger partial charge in [0.1, 0.15) is 6.10 Å². The van der Waals surface area contributed by atoms with Gasteiger partial charge in [0.15, 0.2) is 11.5 Å². The van der Waals surface area contributed by atoms with Crippen LogP contribution in [0.15, 0.2) is 30.5 Å². The molecule has 0 spiro atoms. The molecule has 1 N–H and O–H groups in total. The lowest BCUT2D eigenvalue weighted by Crippen LogP contribution is -2.03. The van der Waals surface area contributed by atoms with Crippen molar-refractivity contribution in [3.63, 3.8) is 0 Å². The summed E-state index contributed by atoms with van der Waals surface area (Å²) in [6, 6.07) is 7.09. The SMILES string of the molecule is COc1ccc(C(O)c2ccc(C)nc2)c(Cl)c1OC. The van der Waals surface area contributed by atoms with Gasteiger partial charge in [-0.1, -0.05) is 23.7 Å². The topological polar surface area (TPSA) is 51.6 Å². The van der Waals surface area contributed by atoms with Crippen molar-refractivity contribution >= 4 is 11.6 Å². The van der Waals surface area contributed by atoms with Crippen LogP contribution in [0.3, 0.4) is 0 Å². The third-order valence-corrected chi connectivity index (χ3v) is 3.45. The zero-order valence-electron chi connectivity index (χ0n) is 11.6. The number of halogens is 1. The standard InChI is InChI=1S/C15H16ClNO3/c1-9-4-5-10(8-17-9)14(18)11-6-7-12(19-2)15(20-3)13(11)16/h4-8,14,18H,1-3H3. The lowest BCUT2D eigenvalue weighted by atomic mass is 10.0. The lowest BCUT2D eigenvalue weighted by molar-refractivity contribution is 0.219. The van der Waals surface area contributed by atoms with Crippen molar-refractivity contribution in [2.45, 2.75) is 13.0 Å². The Morgan fingerprint density at radius 1 is 1.15 bits per heavy atom. The van der Waals surface area contributed by atoms with Gasteiger partial charge in [-0.25, -0.2) is 0 Å². The summed E-state index contributed by atoms with van der Waals surface area (Å²) in [7, 11) is 3.04. The molecule has 0 aliphatic heterocycles. The summed E-state index contributed by atoms with van der Waals surface area (Å²) in [5, 5.41) is 10.8.